The van der Waals surface area contributed by atoms with Crippen molar-refractivity contribution >= 4 is 17.5 Å². The predicted molar refractivity (Wildman–Crippen MR) is 107 cm³/mol. The quantitative estimate of drug-likeness (QED) is 0.686. The number of carbonyl (C=O) groups is 1. The summed E-state index contributed by atoms with van der Waals surface area (Å²) in [5, 5.41) is 3.56. The Morgan fingerprint density at radius 3 is 2.22 bits per heavy atom. The number of benzene rings is 2. The van der Waals surface area contributed by atoms with Crippen molar-refractivity contribution in [1.82, 2.24) is 5.32 Å². The summed E-state index contributed by atoms with van der Waals surface area (Å²) in [6.07, 6.45) is 0. The first-order chi connectivity index (χ1) is 12.9. The van der Waals surface area contributed by atoms with Gasteiger partial charge in [-0.1, -0.05) is 17.7 Å². The van der Waals surface area contributed by atoms with E-state index in [2.05, 4.69) is 5.32 Å². The van der Waals surface area contributed by atoms with Gasteiger partial charge >= 0.3 is 0 Å². The SMILES string of the molecule is CCOc1ccc(CNC(=O)COc2cc(C)c(Cl)c(C)c2)cc1OCC. The molecule has 146 valence electrons. The fourth-order valence-corrected chi connectivity index (χ4v) is 2.70. The molecule has 0 fully saturated rings. The lowest BCUT2D eigenvalue weighted by molar-refractivity contribution is -0.123. The van der Waals surface area contributed by atoms with Crippen LogP contribution in [0.15, 0.2) is 30.3 Å². The first kappa shape index (κ1) is 20.9. The highest BCUT2D eigenvalue weighted by atomic mass is 35.5. The highest BCUT2D eigenvalue weighted by molar-refractivity contribution is 6.32. The fraction of sp³-hybridized carbons (Fsp3) is 0.381. The third-order valence-electron chi connectivity index (χ3n) is 3.88. The fourth-order valence-electron chi connectivity index (χ4n) is 2.60. The molecule has 0 saturated carbocycles. The molecule has 27 heavy (non-hydrogen) atoms. The minimum absolute atomic E-state index is 0.0597. The van der Waals surface area contributed by atoms with Gasteiger partial charge in [0.05, 0.1) is 13.2 Å². The number of hydrogen-bond donors (Lipinski definition) is 1. The van der Waals surface area contributed by atoms with Crippen LogP contribution in [0.4, 0.5) is 0 Å². The van der Waals surface area contributed by atoms with Crippen LogP contribution in [0.25, 0.3) is 0 Å². The number of rotatable bonds is 9. The lowest BCUT2D eigenvalue weighted by atomic mass is 10.1. The Morgan fingerprint density at radius 2 is 1.59 bits per heavy atom. The Kier molecular flexibility index (Phi) is 7.80. The maximum Gasteiger partial charge on any atom is 0.258 e. The molecule has 0 radical (unpaired) electrons. The van der Waals surface area contributed by atoms with Gasteiger partial charge in [0, 0.05) is 11.6 Å². The molecule has 0 spiro atoms. The van der Waals surface area contributed by atoms with Crippen LogP contribution in [0.1, 0.15) is 30.5 Å². The van der Waals surface area contributed by atoms with Gasteiger partial charge in [0.1, 0.15) is 5.75 Å². The van der Waals surface area contributed by atoms with Gasteiger partial charge in [-0.25, -0.2) is 0 Å². The summed E-state index contributed by atoms with van der Waals surface area (Å²) in [6, 6.07) is 9.28. The summed E-state index contributed by atoms with van der Waals surface area (Å²) < 4.78 is 16.7. The second kappa shape index (κ2) is 10.1. The van der Waals surface area contributed by atoms with Crippen LogP contribution in [-0.2, 0) is 11.3 Å². The summed E-state index contributed by atoms with van der Waals surface area (Å²) in [5.41, 5.74) is 2.77. The predicted octanol–water partition coefficient (Wildman–Crippen LogP) is 4.45. The Bertz CT molecular complexity index is 769. The van der Waals surface area contributed by atoms with Crippen LogP contribution in [0, 0.1) is 13.8 Å². The summed E-state index contributed by atoms with van der Waals surface area (Å²) in [7, 11) is 0. The van der Waals surface area contributed by atoms with Crippen molar-refractivity contribution in [2.75, 3.05) is 19.8 Å². The summed E-state index contributed by atoms with van der Waals surface area (Å²) >= 11 is 6.14. The molecule has 1 amide bonds. The number of hydrogen-bond acceptors (Lipinski definition) is 4. The van der Waals surface area contributed by atoms with Crippen molar-refractivity contribution in [2.45, 2.75) is 34.2 Å². The van der Waals surface area contributed by atoms with Gasteiger partial charge in [0.15, 0.2) is 18.1 Å². The Labute approximate surface area is 165 Å². The zero-order valence-corrected chi connectivity index (χ0v) is 17.0. The topological polar surface area (TPSA) is 56.8 Å². The van der Waals surface area contributed by atoms with Crippen LogP contribution < -0.4 is 19.5 Å². The Balaban J connectivity index is 1.90. The lowest BCUT2D eigenvalue weighted by Gasteiger charge is -2.13. The minimum atomic E-state index is -0.202. The number of ether oxygens (including phenoxy) is 3. The van der Waals surface area contributed by atoms with Crippen molar-refractivity contribution in [3.05, 3.63) is 52.0 Å². The zero-order chi connectivity index (χ0) is 19.8. The van der Waals surface area contributed by atoms with Gasteiger partial charge in [-0.2, -0.15) is 0 Å². The second-order valence-corrected chi connectivity index (χ2v) is 6.46. The molecule has 0 heterocycles. The molecular weight excluding hydrogens is 366 g/mol. The van der Waals surface area contributed by atoms with Crippen LogP contribution >= 0.6 is 11.6 Å². The van der Waals surface area contributed by atoms with E-state index in [4.69, 9.17) is 25.8 Å². The molecular formula is C21H26ClNO4. The standard InChI is InChI=1S/C21H26ClNO4/c1-5-25-18-8-7-16(11-19(18)26-6-2)12-23-20(24)13-27-17-9-14(3)21(22)15(4)10-17/h7-11H,5-6,12-13H2,1-4H3,(H,23,24). The molecule has 1 N–H and O–H groups in total. The smallest absolute Gasteiger partial charge is 0.258 e. The first-order valence-electron chi connectivity index (χ1n) is 8.99. The molecule has 0 unspecified atom stereocenters. The van der Waals surface area contributed by atoms with Gasteiger partial charge in [-0.3, -0.25) is 4.79 Å². The van der Waals surface area contributed by atoms with E-state index in [1.807, 2.05) is 58.0 Å². The largest absolute Gasteiger partial charge is 0.490 e. The zero-order valence-electron chi connectivity index (χ0n) is 16.2. The molecule has 0 atom stereocenters. The molecule has 0 aliphatic heterocycles. The van der Waals surface area contributed by atoms with E-state index in [9.17, 15) is 4.79 Å². The van der Waals surface area contributed by atoms with E-state index in [1.165, 1.54) is 0 Å². The highest BCUT2D eigenvalue weighted by Crippen LogP contribution is 2.28. The molecule has 2 rings (SSSR count). The average Bonchev–Trinajstić information content (AvgIpc) is 2.64. The second-order valence-electron chi connectivity index (χ2n) is 6.08. The maximum absolute atomic E-state index is 12.1. The number of amides is 1. The van der Waals surface area contributed by atoms with Crippen molar-refractivity contribution < 1.29 is 19.0 Å². The summed E-state index contributed by atoms with van der Waals surface area (Å²) in [4.78, 5) is 12.1. The molecule has 0 saturated heterocycles. The van der Waals surface area contributed by atoms with Gasteiger partial charge in [0.25, 0.3) is 5.91 Å². The Hall–Kier alpha value is -2.40. The van der Waals surface area contributed by atoms with Gasteiger partial charge in [-0.15, -0.1) is 0 Å². The molecule has 2 aromatic carbocycles. The van der Waals surface area contributed by atoms with Crippen LogP contribution in [0.5, 0.6) is 17.2 Å². The number of halogens is 1. The van der Waals surface area contributed by atoms with Crippen LogP contribution in [0.3, 0.4) is 0 Å². The highest BCUT2D eigenvalue weighted by Gasteiger charge is 2.09. The van der Waals surface area contributed by atoms with E-state index in [0.29, 0.717) is 42.0 Å². The summed E-state index contributed by atoms with van der Waals surface area (Å²) in [5.74, 6) is 1.80. The van der Waals surface area contributed by atoms with Crippen molar-refractivity contribution in [1.29, 1.82) is 0 Å². The number of carbonyl (C=O) groups excluding carboxylic acids is 1. The number of nitrogens with one attached hydrogen (secondary N) is 1. The van der Waals surface area contributed by atoms with E-state index in [-0.39, 0.29) is 12.5 Å². The molecule has 5 nitrogen and oxygen atoms in total. The summed E-state index contributed by atoms with van der Waals surface area (Å²) in [6.45, 7) is 9.09. The van der Waals surface area contributed by atoms with E-state index in [0.717, 1.165) is 16.7 Å². The Morgan fingerprint density at radius 1 is 0.963 bits per heavy atom. The monoisotopic (exact) mass is 391 g/mol. The molecule has 0 bridgehead atoms. The van der Waals surface area contributed by atoms with E-state index >= 15 is 0 Å². The maximum atomic E-state index is 12.1. The molecule has 0 aliphatic carbocycles. The average molecular weight is 392 g/mol. The molecule has 6 heteroatoms. The van der Waals surface area contributed by atoms with E-state index in [1.54, 1.807) is 0 Å². The molecule has 0 aromatic heterocycles. The van der Waals surface area contributed by atoms with Crippen LogP contribution in [-0.4, -0.2) is 25.7 Å². The van der Waals surface area contributed by atoms with Crippen molar-refractivity contribution in [2.24, 2.45) is 0 Å². The van der Waals surface area contributed by atoms with Crippen molar-refractivity contribution in [3.63, 3.8) is 0 Å². The lowest BCUT2D eigenvalue weighted by Crippen LogP contribution is -2.28. The van der Waals surface area contributed by atoms with E-state index < -0.39 is 0 Å². The van der Waals surface area contributed by atoms with Crippen molar-refractivity contribution in [3.8, 4) is 17.2 Å². The van der Waals surface area contributed by atoms with Gasteiger partial charge in [-0.05, 0) is 68.7 Å². The van der Waals surface area contributed by atoms with Gasteiger partial charge < -0.3 is 19.5 Å². The minimum Gasteiger partial charge on any atom is -0.490 e. The number of aryl methyl sites for hydroxylation is 2. The molecule has 0 aliphatic rings. The first-order valence-corrected chi connectivity index (χ1v) is 9.37. The normalized spacial score (nSPS) is 10.4. The molecule has 2 aromatic rings. The van der Waals surface area contributed by atoms with Crippen LogP contribution in [0.2, 0.25) is 5.02 Å². The van der Waals surface area contributed by atoms with Gasteiger partial charge in [0.2, 0.25) is 0 Å². The third kappa shape index (κ3) is 6.07. The third-order valence-corrected chi connectivity index (χ3v) is 4.47.